The van der Waals surface area contributed by atoms with Crippen LogP contribution < -0.4 is 14.9 Å². The molecule has 0 atom stereocenters. The molecule has 0 aliphatic carbocycles. The lowest BCUT2D eigenvalue weighted by molar-refractivity contribution is -0.0512. The Labute approximate surface area is 129 Å². The molecule has 0 saturated heterocycles. The Morgan fingerprint density at radius 1 is 1.23 bits per heavy atom. The van der Waals surface area contributed by atoms with Gasteiger partial charge in [-0.15, -0.1) is 10.2 Å². The van der Waals surface area contributed by atoms with Crippen molar-refractivity contribution in [2.45, 2.75) is 6.61 Å². The van der Waals surface area contributed by atoms with Crippen molar-refractivity contribution < 1.29 is 18.3 Å². The predicted octanol–water partition coefficient (Wildman–Crippen LogP) is 3.19. The number of rotatable bonds is 6. The minimum Gasteiger partial charge on any atom is -0.493 e. The highest BCUT2D eigenvalue weighted by molar-refractivity contribution is 6.29. The molecule has 1 heterocycles. The molecule has 9 heteroatoms. The van der Waals surface area contributed by atoms with E-state index in [1.807, 2.05) is 0 Å². The Hall–Kier alpha value is -2.48. The molecule has 1 N–H and O–H groups in total. The van der Waals surface area contributed by atoms with E-state index in [9.17, 15) is 8.78 Å². The van der Waals surface area contributed by atoms with Gasteiger partial charge in [-0.1, -0.05) is 11.6 Å². The van der Waals surface area contributed by atoms with Crippen molar-refractivity contribution in [3.05, 3.63) is 41.0 Å². The molecule has 2 aromatic rings. The van der Waals surface area contributed by atoms with Crippen LogP contribution >= 0.6 is 11.6 Å². The summed E-state index contributed by atoms with van der Waals surface area (Å²) in [6.45, 7) is -2.92. The number of ether oxygens (including phenoxy) is 2. The number of hydrogen-bond donors (Lipinski definition) is 1. The fourth-order valence-corrected chi connectivity index (χ4v) is 1.61. The molecule has 2 rings (SSSR count). The summed E-state index contributed by atoms with van der Waals surface area (Å²) in [6, 6.07) is 7.60. The molecular weight excluding hydrogens is 318 g/mol. The van der Waals surface area contributed by atoms with E-state index in [0.717, 1.165) is 0 Å². The molecule has 0 fully saturated rings. The second-order valence-corrected chi connectivity index (χ2v) is 4.29. The van der Waals surface area contributed by atoms with E-state index in [-0.39, 0.29) is 16.7 Å². The highest BCUT2D eigenvalue weighted by atomic mass is 35.5. The van der Waals surface area contributed by atoms with Crippen molar-refractivity contribution in [2.75, 3.05) is 12.5 Å². The quantitative estimate of drug-likeness (QED) is 0.651. The number of alkyl halides is 2. The summed E-state index contributed by atoms with van der Waals surface area (Å²) >= 11 is 5.61. The zero-order valence-corrected chi connectivity index (χ0v) is 12.1. The number of hydrazone groups is 1. The zero-order chi connectivity index (χ0) is 15.9. The summed E-state index contributed by atoms with van der Waals surface area (Å²) in [5, 5.41) is 11.6. The Morgan fingerprint density at radius 2 is 2.05 bits per heavy atom. The lowest BCUT2D eigenvalue weighted by Crippen LogP contribution is -2.03. The Morgan fingerprint density at radius 3 is 2.68 bits per heavy atom. The molecular formula is C13H11ClF2N4O2. The van der Waals surface area contributed by atoms with Gasteiger partial charge in [0.15, 0.2) is 22.5 Å². The molecule has 22 heavy (non-hydrogen) atoms. The second-order valence-electron chi connectivity index (χ2n) is 3.90. The first-order chi connectivity index (χ1) is 10.6. The van der Waals surface area contributed by atoms with Gasteiger partial charge in [0.2, 0.25) is 0 Å². The highest BCUT2D eigenvalue weighted by Gasteiger charge is 2.10. The van der Waals surface area contributed by atoms with Crippen molar-refractivity contribution in [1.29, 1.82) is 0 Å². The van der Waals surface area contributed by atoms with Crippen molar-refractivity contribution in [3.8, 4) is 11.5 Å². The van der Waals surface area contributed by atoms with Gasteiger partial charge >= 0.3 is 6.61 Å². The SMILES string of the molecule is COc1cc(/C=N/Nc2ccc(Cl)nn2)ccc1OC(F)F. The van der Waals surface area contributed by atoms with E-state index >= 15 is 0 Å². The van der Waals surface area contributed by atoms with E-state index in [2.05, 4.69) is 25.5 Å². The van der Waals surface area contributed by atoms with E-state index in [1.165, 1.54) is 25.5 Å². The largest absolute Gasteiger partial charge is 0.493 e. The number of benzene rings is 1. The lowest BCUT2D eigenvalue weighted by Gasteiger charge is -2.09. The first kappa shape index (κ1) is 15.9. The van der Waals surface area contributed by atoms with Gasteiger partial charge in [-0.25, -0.2) is 0 Å². The summed E-state index contributed by atoms with van der Waals surface area (Å²) in [5.74, 6) is 0.534. The van der Waals surface area contributed by atoms with Crippen LogP contribution in [0.3, 0.4) is 0 Å². The van der Waals surface area contributed by atoms with Crippen LogP contribution in [0.2, 0.25) is 5.15 Å². The molecule has 0 aliphatic heterocycles. The Balaban J connectivity index is 2.05. The topological polar surface area (TPSA) is 68.6 Å². The maximum atomic E-state index is 12.2. The second kappa shape index (κ2) is 7.51. The van der Waals surface area contributed by atoms with Gasteiger partial charge in [0.25, 0.3) is 0 Å². The third-order valence-corrected chi connectivity index (χ3v) is 2.63. The van der Waals surface area contributed by atoms with E-state index in [0.29, 0.717) is 11.4 Å². The predicted molar refractivity (Wildman–Crippen MR) is 77.9 cm³/mol. The van der Waals surface area contributed by atoms with E-state index in [1.54, 1.807) is 18.2 Å². The van der Waals surface area contributed by atoms with Crippen LogP contribution in [-0.4, -0.2) is 30.1 Å². The maximum absolute atomic E-state index is 12.2. The first-order valence-corrected chi connectivity index (χ1v) is 6.37. The van der Waals surface area contributed by atoms with Crippen LogP contribution in [0.1, 0.15) is 5.56 Å². The average Bonchev–Trinajstić information content (AvgIpc) is 2.50. The number of anilines is 1. The smallest absolute Gasteiger partial charge is 0.387 e. The fourth-order valence-electron chi connectivity index (χ4n) is 1.51. The van der Waals surface area contributed by atoms with Crippen LogP contribution in [-0.2, 0) is 0 Å². The fraction of sp³-hybridized carbons (Fsp3) is 0.154. The molecule has 0 saturated carbocycles. The van der Waals surface area contributed by atoms with Gasteiger partial charge in [-0.05, 0) is 35.9 Å². The third kappa shape index (κ3) is 4.52. The summed E-state index contributed by atoms with van der Waals surface area (Å²) in [7, 11) is 1.36. The van der Waals surface area contributed by atoms with E-state index in [4.69, 9.17) is 16.3 Å². The molecule has 6 nitrogen and oxygen atoms in total. The highest BCUT2D eigenvalue weighted by Crippen LogP contribution is 2.28. The Bertz CT molecular complexity index is 653. The first-order valence-electron chi connectivity index (χ1n) is 5.99. The van der Waals surface area contributed by atoms with E-state index < -0.39 is 6.61 Å². The molecule has 0 aliphatic rings. The molecule has 0 amide bonds. The standard InChI is InChI=1S/C13H11ClF2N4O2/c1-21-10-6-8(2-3-9(10)22-13(15)16)7-17-19-12-5-4-11(14)18-20-12/h2-7,13H,1H3,(H,19,20)/b17-7+. The molecule has 0 spiro atoms. The van der Waals surface area contributed by atoms with Gasteiger partial charge in [0.1, 0.15) is 0 Å². The molecule has 0 bridgehead atoms. The van der Waals surface area contributed by atoms with Gasteiger partial charge in [0, 0.05) is 0 Å². The van der Waals surface area contributed by atoms with Gasteiger partial charge in [-0.3, -0.25) is 5.43 Å². The van der Waals surface area contributed by atoms with Gasteiger partial charge in [0.05, 0.1) is 13.3 Å². The number of halogens is 3. The van der Waals surface area contributed by atoms with Crippen molar-refractivity contribution in [1.82, 2.24) is 10.2 Å². The number of hydrogen-bond acceptors (Lipinski definition) is 6. The molecule has 1 aromatic carbocycles. The van der Waals surface area contributed by atoms with Crippen molar-refractivity contribution >= 4 is 23.6 Å². The van der Waals surface area contributed by atoms with Crippen LogP contribution in [0.25, 0.3) is 0 Å². The van der Waals surface area contributed by atoms with Crippen LogP contribution in [0.15, 0.2) is 35.4 Å². The minimum atomic E-state index is -2.92. The van der Waals surface area contributed by atoms with Crippen LogP contribution in [0, 0.1) is 0 Å². The molecule has 0 unspecified atom stereocenters. The molecule has 116 valence electrons. The lowest BCUT2D eigenvalue weighted by atomic mass is 10.2. The molecule has 1 aromatic heterocycles. The average molecular weight is 329 g/mol. The normalized spacial score (nSPS) is 11.0. The zero-order valence-electron chi connectivity index (χ0n) is 11.3. The number of aromatic nitrogens is 2. The monoisotopic (exact) mass is 328 g/mol. The summed E-state index contributed by atoms with van der Waals surface area (Å²) in [6.07, 6.45) is 1.46. The minimum absolute atomic E-state index is 0.0498. The number of nitrogens with one attached hydrogen (secondary N) is 1. The third-order valence-electron chi connectivity index (χ3n) is 2.43. The summed E-state index contributed by atoms with van der Waals surface area (Å²) in [4.78, 5) is 0. The number of methoxy groups -OCH3 is 1. The molecule has 0 radical (unpaired) electrons. The van der Waals surface area contributed by atoms with Gasteiger partial charge < -0.3 is 9.47 Å². The summed E-state index contributed by atoms with van der Waals surface area (Å²) in [5.41, 5.74) is 3.27. The maximum Gasteiger partial charge on any atom is 0.387 e. The van der Waals surface area contributed by atoms with Crippen molar-refractivity contribution in [3.63, 3.8) is 0 Å². The number of nitrogens with zero attached hydrogens (tertiary/aromatic N) is 3. The van der Waals surface area contributed by atoms with Crippen molar-refractivity contribution in [2.24, 2.45) is 5.10 Å². The Kier molecular flexibility index (Phi) is 5.42. The van der Waals surface area contributed by atoms with Crippen LogP contribution in [0.5, 0.6) is 11.5 Å². The van der Waals surface area contributed by atoms with Gasteiger partial charge in [-0.2, -0.15) is 13.9 Å². The summed E-state index contributed by atoms with van der Waals surface area (Å²) < 4.78 is 33.8. The van der Waals surface area contributed by atoms with Crippen LogP contribution in [0.4, 0.5) is 14.6 Å².